The van der Waals surface area contributed by atoms with Gasteiger partial charge in [0.25, 0.3) is 0 Å². The fourth-order valence-electron chi connectivity index (χ4n) is 2.51. The maximum absolute atomic E-state index is 12.1. The monoisotopic (exact) mass is 339 g/mol. The van der Waals surface area contributed by atoms with E-state index >= 15 is 0 Å². The molecular formula is C20H21NO4. The van der Waals surface area contributed by atoms with Crippen molar-refractivity contribution in [1.82, 2.24) is 0 Å². The first-order valence-electron chi connectivity index (χ1n) is 8.27. The second-order valence-corrected chi connectivity index (χ2v) is 5.65. The van der Waals surface area contributed by atoms with Crippen LogP contribution in [0, 0.1) is 0 Å². The first-order chi connectivity index (χ1) is 12.2. The summed E-state index contributed by atoms with van der Waals surface area (Å²) in [5.41, 5.74) is 1.80. The number of hydrogen-bond acceptors (Lipinski definition) is 4. The van der Waals surface area contributed by atoms with Gasteiger partial charge in [0, 0.05) is 12.1 Å². The molecule has 5 nitrogen and oxygen atoms in total. The van der Waals surface area contributed by atoms with Gasteiger partial charge in [0.1, 0.15) is 25.6 Å². The van der Waals surface area contributed by atoms with E-state index in [2.05, 4.69) is 11.9 Å². The van der Waals surface area contributed by atoms with Crippen molar-refractivity contribution in [3.8, 4) is 17.2 Å². The minimum atomic E-state index is -0.0327. The highest BCUT2D eigenvalue weighted by Gasteiger charge is 2.12. The Hall–Kier alpha value is -2.95. The Morgan fingerprint density at radius 3 is 2.64 bits per heavy atom. The Morgan fingerprint density at radius 1 is 1.12 bits per heavy atom. The molecule has 0 bridgehead atoms. The van der Waals surface area contributed by atoms with Gasteiger partial charge in [-0.05, 0) is 48.4 Å². The molecule has 0 aromatic heterocycles. The van der Waals surface area contributed by atoms with Gasteiger partial charge >= 0.3 is 0 Å². The number of anilines is 1. The summed E-state index contributed by atoms with van der Waals surface area (Å²) in [7, 11) is 0. The second-order valence-electron chi connectivity index (χ2n) is 5.65. The van der Waals surface area contributed by atoms with E-state index in [9.17, 15) is 4.79 Å². The lowest BCUT2D eigenvalue weighted by molar-refractivity contribution is -0.116. The summed E-state index contributed by atoms with van der Waals surface area (Å²) in [4.78, 5) is 12.1. The van der Waals surface area contributed by atoms with Gasteiger partial charge in [-0.15, -0.1) is 0 Å². The lowest BCUT2D eigenvalue weighted by Gasteiger charge is -2.18. The Morgan fingerprint density at radius 2 is 1.88 bits per heavy atom. The van der Waals surface area contributed by atoms with Gasteiger partial charge in [0.2, 0.25) is 5.91 Å². The molecule has 1 N–H and O–H groups in total. The lowest BCUT2D eigenvalue weighted by atomic mass is 10.1. The summed E-state index contributed by atoms with van der Waals surface area (Å²) >= 11 is 0. The summed E-state index contributed by atoms with van der Waals surface area (Å²) in [5.74, 6) is 2.22. The summed E-state index contributed by atoms with van der Waals surface area (Å²) in [6.07, 6.45) is 2.73. The van der Waals surface area contributed by atoms with Crippen LogP contribution in [0.1, 0.15) is 12.0 Å². The molecule has 0 spiro atoms. The van der Waals surface area contributed by atoms with Crippen LogP contribution >= 0.6 is 0 Å². The number of amides is 1. The minimum Gasteiger partial charge on any atom is -0.490 e. The van der Waals surface area contributed by atoms with Crippen LogP contribution < -0.4 is 19.5 Å². The Balaban J connectivity index is 1.50. The van der Waals surface area contributed by atoms with E-state index in [4.69, 9.17) is 14.2 Å². The topological polar surface area (TPSA) is 56.8 Å². The SMILES string of the molecule is C=CCOc1ccc(NC(=O)CCc2ccc3c(c2)OCCO3)cc1. The molecule has 1 amide bonds. The quantitative estimate of drug-likeness (QED) is 0.783. The number of ether oxygens (including phenoxy) is 3. The molecule has 2 aromatic carbocycles. The van der Waals surface area contributed by atoms with Crippen molar-refractivity contribution in [1.29, 1.82) is 0 Å². The Labute approximate surface area is 147 Å². The van der Waals surface area contributed by atoms with Crippen LogP contribution in [0.15, 0.2) is 55.1 Å². The third kappa shape index (κ3) is 4.76. The van der Waals surface area contributed by atoms with Crippen molar-refractivity contribution < 1.29 is 19.0 Å². The van der Waals surface area contributed by atoms with Crippen LogP contribution in [0.5, 0.6) is 17.2 Å². The third-order valence-corrected chi connectivity index (χ3v) is 3.75. The summed E-state index contributed by atoms with van der Waals surface area (Å²) in [5, 5.41) is 2.89. The van der Waals surface area contributed by atoms with Gasteiger partial charge in [-0.25, -0.2) is 0 Å². The van der Waals surface area contributed by atoms with Crippen LogP contribution in [-0.2, 0) is 11.2 Å². The van der Waals surface area contributed by atoms with Gasteiger partial charge in [-0.3, -0.25) is 4.79 Å². The van der Waals surface area contributed by atoms with Crippen molar-refractivity contribution in [3.63, 3.8) is 0 Å². The minimum absolute atomic E-state index is 0.0327. The number of carbonyl (C=O) groups excluding carboxylic acids is 1. The van der Waals surface area contributed by atoms with Crippen LogP contribution in [0.25, 0.3) is 0 Å². The zero-order chi connectivity index (χ0) is 17.5. The molecule has 130 valence electrons. The molecule has 0 aliphatic carbocycles. The number of nitrogens with one attached hydrogen (secondary N) is 1. The molecule has 5 heteroatoms. The van der Waals surface area contributed by atoms with Crippen molar-refractivity contribution in [2.75, 3.05) is 25.1 Å². The zero-order valence-electron chi connectivity index (χ0n) is 14.0. The number of aryl methyl sites for hydroxylation is 1. The highest BCUT2D eigenvalue weighted by Crippen LogP contribution is 2.31. The zero-order valence-corrected chi connectivity index (χ0v) is 14.0. The predicted molar refractivity (Wildman–Crippen MR) is 96.5 cm³/mol. The molecular weight excluding hydrogens is 318 g/mol. The number of carbonyl (C=O) groups is 1. The average molecular weight is 339 g/mol. The molecule has 0 fully saturated rings. The molecule has 3 rings (SSSR count). The summed E-state index contributed by atoms with van der Waals surface area (Å²) in [6, 6.07) is 13.1. The number of fused-ring (bicyclic) bond motifs is 1. The van der Waals surface area contributed by atoms with Crippen LogP contribution in [0.4, 0.5) is 5.69 Å². The first-order valence-corrected chi connectivity index (χ1v) is 8.27. The smallest absolute Gasteiger partial charge is 0.224 e. The van der Waals surface area contributed by atoms with Gasteiger partial charge in [-0.2, -0.15) is 0 Å². The van der Waals surface area contributed by atoms with Crippen LogP contribution in [-0.4, -0.2) is 25.7 Å². The summed E-state index contributed by atoms with van der Waals surface area (Å²) < 4.78 is 16.5. The molecule has 1 aliphatic heterocycles. The predicted octanol–water partition coefficient (Wildman–Crippen LogP) is 3.59. The molecule has 1 aliphatic rings. The van der Waals surface area contributed by atoms with Crippen LogP contribution in [0.3, 0.4) is 0 Å². The molecule has 0 radical (unpaired) electrons. The van der Waals surface area contributed by atoms with Gasteiger partial charge in [0.15, 0.2) is 11.5 Å². The van der Waals surface area contributed by atoms with E-state index in [0.717, 1.165) is 28.5 Å². The molecule has 1 heterocycles. The molecule has 25 heavy (non-hydrogen) atoms. The molecule has 2 aromatic rings. The second kappa shape index (κ2) is 8.24. The van der Waals surface area contributed by atoms with E-state index in [1.807, 2.05) is 42.5 Å². The van der Waals surface area contributed by atoms with Crippen molar-refractivity contribution in [2.45, 2.75) is 12.8 Å². The highest BCUT2D eigenvalue weighted by atomic mass is 16.6. The average Bonchev–Trinajstić information content (AvgIpc) is 2.65. The Bertz CT molecular complexity index is 740. The third-order valence-electron chi connectivity index (χ3n) is 3.75. The molecule has 0 saturated carbocycles. The number of benzene rings is 2. The van der Waals surface area contributed by atoms with E-state index in [-0.39, 0.29) is 5.91 Å². The van der Waals surface area contributed by atoms with E-state index in [1.165, 1.54) is 0 Å². The maximum Gasteiger partial charge on any atom is 0.224 e. The Kier molecular flexibility index (Phi) is 5.57. The lowest BCUT2D eigenvalue weighted by Crippen LogP contribution is -2.15. The normalized spacial score (nSPS) is 12.3. The number of hydrogen-bond donors (Lipinski definition) is 1. The maximum atomic E-state index is 12.1. The van der Waals surface area contributed by atoms with E-state index in [0.29, 0.717) is 32.7 Å². The largest absolute Gasteiger partial charge is 0.490 e. The van der Waals surface area contributed by atoms with Crippen molar-refractivity contribution in [3.05, 3.63) is 60.7 Å². The summed E-state index contributed by atoms with van der Waals surface area (Å²) in [6.45, 7) is 5.20. The van der Waals surface area contributed by atoms with Crippen molar-refractivity contribution in [2.24, 2.45) is 0 Å². The van der Waals surface area contributed by atoms with Gasteiger partial charge < -0.3 is 19.5 Å². The van der Waals surface area contributed by atoms with E-state index < -0.39 is 0 Å². The first kappa shape index (κ1) is 16.9. The van der Waals surface area contributed by atoms with Gasteiger partial charge in [-0.1, -0.05) is 18.7 Å². The highest BCUT2D eigenvalue weighted by molar-refractivity contribution is 5.90. The molecule has 0 atom stereocenters. The van der Waals surface area contributed by atoms with Gasteiger partial charge in [0.05, 0.1) is 0 Å². The number of rotatable bonds is 7. The molecule has 0 unspecified atom stereocenters. The van der Waals surface area contributed by atoms with Crippen LogP contribution in [0.2, 0.25) is 0 Å². The molecule has 0 saturated heterocycles. The fraction of sp³-hybridized carbons (Fsp3) is 0.250. The standard InChI is InChI=1S/C20H21NO4/c1-2-11-23-17-7-5-16(6-8-17)21-20(22)10-4-15-3-9-18-19(14-15)25-13-12-24-18/h2-3,5-9,14H,1,4,10-13H2,(H,21,22). The van der Waals surface area contributed by atoms with Crippen molar-refractivity contribution >= 4 is 11.6 Å². The fourth-order valence-corrected chi connectivity index (χ4v) is 2.51. The van der Waals surface area contributed by atoms with E-state index in [1.54, 1.807) is 6.08 Å².